The van der Waals surface area contributed by atoms with Crippen LogP contribution in [0.1, 0.15) is 32.1 Å². The van der Waals surface area contributed by atoms with Gasteiger partial charge in [-0.3, -0.25) is 0 Å². The first-order valence-electron chi connectivity index (χ1n) is 11.3. The van der Waals surface area contributed by atoms with Crippen LogP contribution in [0.4, 0.5) is 0 Å². The van der Waals surface area contributed by atoms with Crippen molar-refractivity contribution in [1.29, 1.82) is 0 Å². The van der Waals surface area contributed by atoms with Gasteiger partial charge in [0.05, 0.1) is 5.91 Å². The molecule has 0 spiro atoms. The van der Waals surface area contributed by atoms with E-state index >= 15 is 0 Å². The van der Waals surface area contributed by atoms with Crippen molar-refractivity contribution in [3.8, 4) is 0 Å². The Morgan fingerprint density at radius 2 is 1.29 bits per heavy atom. The molecule has 0 saturated heterocycles. The summed E-state index contributed by atoms with van der Waals surface area (Å²) < 4.78 is 0. The van der Waals surface area contributed by atoms with Gasteiger partial charge in [-0.25, -0.2) is 0 Å². The maximum atomic E-state index is 10.5. The molecular weight excluding hydrogens is 513 g/mol. The number of hydrogen-bond acceptors (Lipinski definition) is 1. The fourth-order valence-electron chi connectivity index (χ4n) is 3.64. The van der Waals surface area contributed by atoms with Crippen LogP contribution in [0, 0.1) is 5.92 Å². The minimum atomic E-state index is -0.556. The number of carbonyl (C=O) groups excluding carboxylic acids is 1. The predicted octanol–water partition coefficient (Wildman–Crippen LogP) is 7.42. The minimum Gasteiger partial charge on any atom is -0.668 e. The fourth-order valence-corrected chi connectivity index (χ4v) is 4.70. The van der Waals surface area contributed by atoms with Crippen molar-refractivity contribution in [2.24, 2.45) is 5.92 Å². The molecule has 2 radical (unpaired) electrons. The maximum Gasteiger partial charge on any atom is 0.121 e. The molecule has 1 N–H and O–H groups in total. The van der Waals surface area contributed by atoms with Crippen molar-refractivity contribution < 1.29 is 21.8 Å². The largest absolute Gasteiger partial charge is 0.668 e. The van der Waals surface area contributed by atoms with Crippen molar-refractivity contribution in [3.05, 3.63) is 109 Å². The monoisotopic (exact) mass is 541 g/mol. The molecule has 0 aromatic heterocycles. The predicted molar refractivity (Wildman–Crippen MR) is 145 cm³/mol. The Morgan fingerprint density at radius 1 is 0.794 bits per heavy atom. The van der Waals surface area contributed by atoms with Gasteiger partial charge in [-0.2, -0.15) is 17.5 Å². The van der Waals surface area contributed by atoms with Crippen LogP contribution in [0.15, 0.2) is 103 Å². The molecule has 4 aromatic carbocycles. The molecular formula is C28H29Cl2NOSiTi-2. The van der Waals surface area contributed by atoms with Gasteiger partial charge >= 0.3 is 35.6 Å². The number of carbonyl (C=O) groups is 1. The third kappa shape index (κ3) is 11.6. The molecule has 1 aliphatic rings. The summed E-state index contributed by atoms with van der Waals surface area (Å²) in [7, 11) is 10.6. The Morgan fingerprint density at radius 3 is 1.76 bits per heavy atom. The zero-order valence-electron chi connectivity index (χ0n) is 19.1. The van der Waals surface area contributed by atoms with Gasteiger partial charge in [-0.05, 0) is 12.8 Å². The molecule has 1 fully saturated rings. The SMILES string of the molecule is [Cl][Ti][Cl].[NH-]C(=O)C1CCCCC1.c1ccc([Si]c2ccccc2)cc1.c1ccc2[cH-]ccc2c1. The van der Waals surface area contributed by atoms with Gasteiger partial charge in [0.15, 0.2) is 0 Å². The van der Waals surface area contributed by atoms with Crippen molar-refractivity contribution in [1.82, 2.24) is 0 Å². The van der Waals surface area contributed by atoms with E-state index in [4.69, 9.17) is 24.3 Å². The summed E-state index contributed by atoms with van der Waals surface area (Å²) in [5, 5.41) is 5.46. The van der Waals surface area contributed by atoms with E-state index in [-0.39, 0.29) is 11.8 Å². The number of halogens is 2. The van der Waals surface area contributed by atoms with Crippen LogP contribution in [0.25, 0.3) is 16.5 Å². The normalized spacial score (nSPS) is 12.6. The third-order valence-electron chi connectivity index (χ3n) is 5.36. The van der Waals surface area contributed by atoms with Crippen LogP contribution in [-0.2, 0) is 21.8 Å². The average Bonchev–Trinajstić information content (AvgIpc) is 3.36. The Labute approximate surface area is 222 Å². The quantitative estimate of drug-likeness (QED) is 0.196. The van der Waals surface area contributed by atoms with Crippen LogP contribution in [0.3, 0.4) is 0 Å². The smallest absolute Gasteiger partial charge is 0.121 e. The van der Waals surface area contributed by atoms with Crippen molar-refractivity contribution in [3.63, 3.8) is 0 Å². The van der Waals surface area contributed by atoms with E-state index in [1.807, 2.05) is 0 Å². The Bertz CT molecular complexity index is 986. The molecule has 5 rings (SSSR count). The van der Waals surface area contributed by atoms with E-state index in [1.165, 1.54) is 27.6 Å². The molecule has 6 heteroatoms. The summed E-state index contributed by atoms with van der Waals surface area (Å²) in [6.45, 7) is 0. The van der Waals surface area contributed by atoms with Crippen molar-refractivity contribution >= 4 is 55.2 Å². The summed E-state index contributed by atoms with van der Waals surface area (Å²) in [6, 6.07) is 35.8. The van der Waals surface area contributed by atoms with Gasteiger partial charge in [0.1, 0.15) is 9.52 Å². The fraction of sp³-hybridized carbons (Fsp3) is 0.214. The first-order chi connectivity index (χ1) is 16.6. The van der Waals surface area contributed by atoms with E-state index in [2.05, 4.69) is 103 Å². The molecule has 0 bridgehead atoms. The standard InChI is InChI=1S/C12H10Si.C9H7.C7H13NO.2ClH.Ti/c1-3-7-11(8-4-1)13-12-9-5-2-6-10-12;1-2-5-9-7-3-6-8(9)4-1;8-7(9)6-4-2-1-3-5-6;;;/h1-10H;1-7H;6H,1-5H2,(H2,8,9);2*1H;/q;-1;;;;+2/p-3. The molecule has 0 atom stereocenters. The second-order valence-electron chi connectivity index (χ2n) is 7.78. The van der Waals surface area contributed by atoms with E-state index in [1.54, 1.807) is 0 Å². The van der Waals surface area contributed by atoms with Crippen LogP contribution in [-0.4, -0.2) is 15.4 Å². The molecule has 34 heavy (non-hydrogen) atoms. The van der Waals surface area contributed by atoms with Gasteiger partial charge in [-0.1, -0.05) is 96.4 Å². The Kier molecular flexibility index (Phi) is 14.8. The third-order valence-corrected chi connectivity index (χ3v) is 6.60. The zero-order valence-corrected chi connectivity index (χ0v) is 23.2. The zero-order chi connectivity index (χ0) is 24.4. The van der Waals surface area contributed by atoms with Gasteiger partial charge in [-0.15, -0.1) is 29.7 Å². The molecule has 4 aromatic rings. The second-order valence-corrected chi connectivity index (χ2v) is 11.8. The summed E-state index contributed by atoms with van der Waals surface area (Å²) in [5.74, 6) is -0.270. The van der Waals surface area contributed by atoms with Gasteiger partial charge < -0.3 is 10.5 Å². The van der Waals surface area contributed by atoms with Crippen LogP contribution in [0.2, 0.25) is 0 Å². The van der Waals surface area contributed by atoms with Crippen LogP contribution >= 0.6 is 18.6 Å². The first-order valence-corrected chi connectivity index (χ1v) is 16.6. The summed E-state index contributed by atoms with van der Waals surface area (Å²) in [6.07, 6.45) is 5.47. The van der Waals surface area contributed by atoms with Crippen LogP contribution in [0.5, 0.6) is 0 Å². The maximum absolute atomic E-state index is 10.5. The molecule has 2 nitrogen and oxygen atoms in total. The van der Waals surface area contributed by atoms with E-state index < -0.39 is 17.0 Å². The van der Waals surface area contributed by atoms with E-state index in [9.17, 15) is 4.79 Å². The van der Waals surface area contributed by atoms with Crippen LogP contribution < -0.4 is 10.4 Å². The molecule has 0 unspecified atom stereocenters. The summed E-state index contributed by atoms with van der Waals surface area (Å²) >= 11 is -0.556. The number of rotatable bonds is 3. The van der Waals surface area contributed by atoms with Gasteiger partial charge in [0.2, 0.25) is 0 Å². The number of benzene rings is 3. The number of hydrogen-bond donors (Lipinski definition) is 0. The number of fused-ring (bicyclic) bond motifs is 1. The molecule has 1 saturated carbocycles. The Balaban J connectivity index is 0.000000174. The minimum absolute atomic E-state index is 0.0822. The molecule has 0 heterocycles. The van der Waals surface area contributed by atoms with Gasteiger partial charge in [0, 0.05) is 5.92 Å². The van der Waals surface area contributed by atoms with Crippen molar-refractivity contribution in [2.45, 2.75) is 32.1 Å². The summed E-state index contributed by atoms with van der Waals surface area (Å²) in [4.78, 5) is 10.5. The summed E-state index contributed by atoms with van der Waals surface area (Å²) in [5.41, 5.74) is 6.83. The topological polar surface area (TPSA) is 40.9 Å². The van der Waals surface area contributed by atoms with E-state index in [0.29, 0.717) is 0 Å². The molecule has 1 aliphatic carbocycles. The molecule has 176 valence electrons. The second kappa shape index (κ2) is 17.7. The van der Waals surface area contributed by atoms with E-state index in [0.717, 1.165) is 35.2 Å². The number of nitrogens with one attached hydrogen (secondary N) is 1. The number of amides is 1. The Hall–Kier alpha value is -1.75. The van der Waals surface area contributed by atoms with Gasteiger partial charge in [0.25, 0.3) is 0 Å². The average molecular weight is 542 g/mol. The molecule has 1 amide bonds. The first kappa shape index (κ1) is 28.5. The van der Waals surface area contributed by atoms with Crippen molar-refractivity contribution in [2.75, 3.05) is 0 Å². The molecule has 0 aliphatic heterocycles.